The first-order valence-electron chi connectivity index (χ1n) is 5.04. The van der Waals surface area contributed by atoms with Gasteiger partial charge in [0.25, 0.3) is 6.43 Å². The molecule has 0 heterocycles. The van der Waals surface area contributed by atoms with Crippen LogP contribution in [-0.4, -0.2) is 11.1 Å². The summed E-state index contributed by atoms with van der Waals surface area (Å²) in [6, 6.07) is 4.40. The third kappa shape index (κ3) is 3.49. The van der Waals surface area contributed by atoms with Gasteiger partial charge < -0.3 is 5.11 Å². The van der Waals surface area contributed by atoms with Crippen molar-refractivity contribution in [3.63, 3.8) is 0 Å². The van der Waals surface area contributed by atoms with E-state index >= 15 is 0 Å². The number of aliphatic carboxylic acids is 1. The summed E-state index contributed by atoms with van der Waals surface area (Å²) in [6.45, 7) is 3.04. The van der Waals surface area contributed by atoms with Crippen molar-refractivity contribution in [2.45, 2.75) is 26.7 Å². The van der Waals surface area contributed by atoms with Crippen molar-refractivity contribution in [2.75, 3.05) is 0 Å². The minimum Gasteiger partial charge on any atom is -0.481 e. The van der Waals surface area contributed by atoms with Crippen molar-refractivity contribution in [2.24, 2.45) is 5.41 Å². The number of rotatable bonds is 4. The fourth-order valence-corrected chi connectivity index (χ4v) is 1.90. The number of carbonyl (C=O) groups is 1. The topological polar surface area (TPSA) is 37.3 Å². The van der Waals surface area contributed by atoms with Crippen molar-refractivity contribution in [3.05, 3.63) is 33.8 Å². The van der Waals surface area contributed by atoms with E-state index in [0.29, 0.717) is 10.0 Å². The van der Waals surface area contributed by atoms with Gasteiger partial charge in [0.2, 0.25) is 0 Å². The standard InChI is InChI=1S/C12H13BrF2O2/c1-12(2,11(16)17)6-7-5-8(13)3-4-9(7)10(14)15/h3-5,10H,6H2,1-2H3,(H,16,17). The van der Waals surface area contributed by atoms with Crippen molar-refractivity contribution < 1.29 is 18.7 Å². The highest BCUT2D eigenvalue weighted by atomic mass is 79.9. The van der Waals surface area contributed by atoms with Crippen molar-refractivity contribution in [3.8, 4) is 0 Å². The maximum Gasteiger partial charge on any atom is 0.309 e. The van der Waals surface area contributed by atoms with E-state index in [9.17, 15) is 13.6 Å². The average molecular weight is 307 g/mol. The van der Waals surface area contributed by atoms with Gasteiger partial charge in [0, 0.05) is 10.0 Å². The quantitative estimate of drug-likeness (QED) is 0.911. The molecule has 0 saturated heterocycles. The lowest BCUT2D eigenvalue weighted by molar-refractivity contribution is -0.146. The van der Waals surface area contributed by atoms with Gasteiger partial charge in [0.15, 0.2) is 0 Å². The molecule has 1 aromatic carbocycles. The van der Waals surface area contributed by atoms with Gasteiger partial charge in [-0.05, 0) is 38.0 Å². The largest absolute Gasteiger partial charge is 0.481 e. The molecule has 0 aliphatic heterocycles. The van der Waals surface area contributed by atoms with Crippen LogP contribution in [-0.2, 0) is 11.2 Å². The molecule has 0 aromatic heterocycles. The molecule has 0 aliphatic rings. The highest BCUT2D eigenvalue weighted by Gasteiger charge is 2.29. The first-order chi connectivity index (χ1) is 7.74. The zero-order valence-electron chi connectivity index (χ0n) is 9.51. The molecule has 0 unspecified atom stereocenters. The third-order valence-electron chi connectivity index (χ3n) is 2.55. The van der Waals surface area contributed by atoms with E-state index in [1.54, 1.807) is 6.07 Å². The van der Waals surface area contributed by atoms with Crippen LogP contribution >= 0.6 is 15.9 Å². The fraction of sp³-hybridized carbons (Fsp3) is 0.417. The van der Waals surface area contributed by atoms with Gasteiger partial charge in [-0.15, -0.1) is 0 Å². The zero-order valence-corrected chi connectivity index (χ0v) is 11.1. The van der Waals surface area contributed by atoms with Gasteiger partial charge in [0.05, 0.1) is 5.41 Å². The Hall–Kier alpha value is -0.970. The smallest absolute Gasteiger partial charge is 0.309 e. The molecule has 0 fully saturated rings. The summed E-state index contributed by atoms with van der Waals surface area (Å²) >= 11 is 3.20. The van der Waals surface area contributed by atoms with Gasteiger partial charge in [-0.25, -0.2) is 8.78 Å². The second-order valence-electron chi connectivity index (χ2n) is 4.51. The Morgan fingerprint density at radius 2 is 2.06 bits per heavy atom. The van der Waals surface area contributed by atoms with Crippen LogP contribution in [0.4, 0.5) is 8.78 Å². The Morgan fingerprint density at radius 1 is 1.47 bits per heavy atom. The number of alkyl halides is 2. The molecule has 0 bridgehead atoms. The lowest BCUT2D eigenvalue weighted by Gasteiger charge is -2.21. The summed E-state index contributed by atoms with van der Waals surface area (Å²) in [7, 11) is 0. The molecule has 1 aromatic rings. The number of carboxylic acids is 1. The molecule has 94 valence electrons. The maximum atomic E-state index is 12.8. The van der Waals surface area contributed by atoms with Crippen LogP contribution in [0.15, 0.2) is 22.7 Å². The van der Waals surface area contributed by atoms with Gasteiger partial charge in [0.1, 0.15) is 0 Å². The summed E-state index contributed by atoms with van der Waals surface area (Å²) in [5.74, 6) is -1.00. The Balaban J connectivity index is 3.12. The highest BCUT2D eigenvalue weighted by molar-refractivity contribution is 9.10. The van der Waals surface area contributed by atoms with Crippen molar-refractivity contribution in [1.29, 1.82) is 0 Å². The number of halogens is 3. The minimum atomic E-state index is -2.59. The Labute approximate surface area is 107 Å². The second-order valence-corrected chi connectivity index (χ2v) is 5.43. The Bertz CT molecular complexity index is 431. The molecule has 1 rings (SSSR count). The minimum absolute atomic E-state index is 0.0709. The average Bonchev–Trinajstić information content (AvgIpc) is 2.15. The summed E-state index contributed by atoms with van der Waals surface area (Å²) in [5, 5.41) is 9.00. The predicted molar refractivity (Wildman–Crippen MR) is 64.2 cm³/mol. The fourth-order valence-electron chi connectivity index (χ4n) is 1.49. The number of hydrogen-bond donors (Lipinski definition) is 1. The molecule has 2 nitrogen and oxygen atoms in total. The highest BCUT2D eigenvalue weighted by Crippen LogP contribution is 2.31. The number of carboxylic acid groups (broad SMARTS) is 1. The van der Waals surface area contributed by atoms with E-state index in [-0.39, 0.29) is 12.0 Å². The molecule has 0 spiro atoms. The summed E-state index contributed by atoms with van der Waals surface area (Å²) in [4.78, 5) is 11.0. The second kappa shape index (κ2) is 5.12. The van der Waals surface area contributed by atoms with Crippen LogP contribution in [0.2, 0.25) is 0 Å². The predicted octanol–water partition coefficient (Wildman–Crippen LogP) is 4.04. The molecule has 5 heteroatoms. The molecule has 0 aliphatic carbocycles. The van der Waals surface area contributed by atoms with Gasteiger partial charge in [-0.3, -0.25) is 4.79 Å². The van der Waals surface area contributed by atoms with E-state index < -0.39 is 17.8 Å². The molecular formula is C12H13BrF2O2. The normalized spacial score (nSPS) is 11.9. The first kappa shape index (κ1) is 14.1. The van der Waals surface area contributed by atoms with Gasteiger partial charge >= 0.3 is 5.97 Å². The van der Waals surface area contributed by atoms with Crippen molar-refractivity contribution in [1.82, 2.24) is 0 Å². The lowest BCUT2D eigenvalue weighted by atomic mass is 9.84. The Morgan fingerprint density at radius 3 is 2.53 bits per heavy atom. The van der Waals surface area contributed by atoms with Crippen LogP contribution in [0.3, 0.4) is 0 Å². The molecule has 0 radical (unpaired) electrons. The SMILES string of the molecule is CC(C)(Cc1cc(Br)ccc1C(F)F)C(=O)O. The van der Waals surface area contributed by atoms with Gasteiger partial charge in [-0.2, -0.15) is 0 Å². The first-order valence-corrected chi connectivity index (χ1v) is 5.83. The summed E-state index contributed by atoms with van der Waals surface area (Å²) < 4.78 is 26.2. The van der Waals surface area contributed by atoms with E-state index in [2.05, 4.69) is 15.9 Å². The summed E-state index contributed by atoms with van der Waals surface area (Å²) in [6.07, 6.45) is -2.52. The Kier molecular flexibility index (Phi) is 4.25. The van der Waals surface area contributed by atoms with Gasteiger partial charge in [-0.1, -0.05) is 22.0 Å². The third-order valence-corrected chi connectivity index (χ3v) is 3.04. The van der Waals surface area contributed by atoms with E-state index in [4.69, 9.17) is 5.11 Å². The van der Waals surface area contributed by atoms with E-state index in [1.807, 2.05) is 0 Å². The number of benzene rings is 1. The van der Waals surface area contributed by atoms with Crippen LogP contribution in [0.1, 0.15) is 31.4 Å². The van der Waals surface area contributed by atoms with Crippen LogP contribution in [0.25, 0.3) is 0 Å². The monoisotopic (exact) mass is 306 g/mol. The molecule has 0 atom stereocenters. The molecule has 1 N–H and O–H groups in total. The number of hydrogen-bond acceptors (Lipinski definition) is 1. The van der Waals surface area contributed by atoms with Crippen LogP contribution < -0.4 is 0 Å². The molecule has 0 saturated carbocycles. The summed E-state index contributed by atoms with van der Waals surface area (Å²) in [5.41, 5.74) is -0.811. The molecule has 17 heavy (non-hydrogen) atoms. The van der Waals surface area contributed by atoms with Crippen LogP contribution in [0.5, 0.6) is 0 Å². The lowest BCUT2D eigenvalue weighted by Crippen LogP contribution is -2.26. The molecular weight excluding hydrogens is 294 g/mol. The van der Waals surface area contributed by atoms with E-state index in [0.717, 1.165) is 0 Å². The molecule has 0 amide bonds. The maximum absolute atomic E-state index is 12.8. The zero-order chi connectivity index (χ0) is 13.2. The van der Waals surface area contributed by atoms with E-state index in [1.165, 1.54) is 26.0 Å². The van der Waals surface area contributed by atoms with Crippen molar-refractivity contribution >= 4 is 21.9 Å². The van der Waals surface area contributed by atoms with Crippen LogP contribution in [0, 0.1) is 5.41 Å².